The number of fused-ring (bicyclic) bond motifs is 1. The van der Waals surface area contributed by atoms with Gasteiger partial charge in [-0.15, -0.1) is 0 Å². The van der Waals surface area contributed by atoms with E-state index in [1.54, 1.807) is 42.5 Å². The Bertz CT molecular complexity index is 1300. The maximum absolute atomic E-state index is 12.4. The van der Waals surface area contributed by atoms with Crippen LogP contribution in [0.25, 0.3) is 22.4 Å². The number of hydrogen-bond donors (Lipinski definition) is 4. The van der Waals surface area contributed by atoms with Gasteiger partial charge in [-0.2, -0.15) is 0 Å². The van der Waals surface area contributed by atoms with Gasteiger partial charge in [0.1, 0.15) is 5.30 Å². The average molecular weight is 427 g/mol. The van der Waals surface area contributed by atoms with Crippen molar-refractivity contribution < 1.29 is 28.3 Å². The number of carbonyl (C=O) groups is 1. The number of anilines is 1. The molecule has 0 aliphatic carbocycles. The van der Waals surface area contributed by atoms with Crippen LogP contribution in [0.4, 0.5) is 5.88 Å². The van der Waals surface area contributed by atoms with E-state index in [9.17, 15) is 19.1 Å². The van der Waals surface area contributed by atoms with Crippen molar-refractivity contribution >= 4 is 35.8 Å². The molecule has 30 heavy (non-hydrogen) atoms. The number of H-pyrrole nitrogens is 1. The number of aromatic nitrogens is 2. The van der Waals surface area contributed by atoms with Crippen LogP contribution in [0, 0.1) is 0 Å². The molecule has 9 nitrogen and oxygen atoms in total. The largest absolute Gasteiger partial charge is 0.465 e. The summed E-state index contributed by atoms with van der Waals surface area (Å²) < 4.78 is 22.8. The molecule has 0 fully saturated rings. The number of esters is 1. The molecule has 0 saturated carbocycles. The monoisotopic (exact) mass is 427 g/mol. The molecule has 0 amide bonds. The number of benzene rings is 2. The topological polar surface area (TPSA) is 152 Å². The van der Waals surface area contributed by atoms with Crippen LogP contribution in [-0.2, 0) is 15.7 Å². The summed E-state index contributed by atoms with van der Waals surface area (Å²) in [4.78, 5) is 39.2. The molecule has 2 aromatic carbocycles. The highest BCUT2D eigenvalue weighted by Gasteiger charge is 2.33. The van der Waals surface area contributed by atoms with Gasteiger partial charge in [-0.3, -0.25) is 4.57 Å². The van der Waals surface area contributed by atoms with Gasteiger partial charge in [-0.1, -0.05) is 18.2 Å². The van der Waals surface area contributed by atoms with Crippen LogP contribution < -0.4 is 11.0 Å². The van der Waals surface area contributed by atoms with Gasteiger partial charge >= 0.3 is 13.6 Å². The third-order valence-corrected chi connectivity index (χ3v) is 5.78. The fourth-order valence-corrected chi connectivity index (χ4v) is 4.39. The highest BCUT2D eigenvalue weighted by molar-refractivity contribution is 7.60. The zero-order chi connectivity index (χ0) is 21.5. The summed E-state index contributed by atoms with van der Waals surface area (Å²) in [5.74, 6) is -0.657. The SMILES string of the molecule is COC(=O)c1cccc(Cc2c(N)oc(-c3cccc4[nH]cnc34)c2P(=O)(O)O)c1. The Hall–Kier alpha value is -3.39. The average Bonchev–Trinajstić information content (AvgIpc) is 3.32. The number of hydrogen-bond acceptors (Lipinski definition) is 6. The Balaban J connectivity index is 1.87. The van der Waals surface area contributed by atoms with Gasteiger partial charge in [0.25, 0.3) is 0 Å². The highest BCUT2D eigenvalue weighted by atomic mass is 31.2. The number of rotatable bonds is 5. The van der Waals surface area contributed by atoms with Crippen LogP contribution in [0.1, 0.15) is 21.5 Å². The van der Waals surface area contributed by atoms with Gasteiger partial charge in [0, 0.05) is 17.5 Å². The summed E-state index contributed by atoms with van der Waals surface area (Å²) in [6.45, 7) is 0. The van der Waals surface area contributed by atoms with Crippen molar-refractivity contribution in [3.8, 4) is 11.3 Å². The first-order valence-electron chi connectivity index (χ1n) is 8.86. The Morgan fingerprint density at radius 3 is 2.77 bits per heavy atom. The number of para-hydroxylation sites is 1. The molecule has 0 aliphatic rings. The first-order valence-corrected chi connectivity index (χ1v) is 10.5. The molecule has 4 aromatic rings. The van der Waals surface area contributed by atoms with E-state index in [0.29, 0.717) is 27.7 Å². The predicted octanol–water partition coefficient (Wildman–Crippen LogP) is 2.59. The minimum Gasteiger partial charge on any atom is -0.465 e. The van der Waals surface area contributed by atoms with E-state index < -0.39 is 13.6 Å². The lowest BCUT2D eigenvalue weighted by molar-refractivity contribution is 0.0600. The molecule has 0 saturated heterocycles. The Morgan fingerprint density at radius 2 is 2.03 bits per heavy atom. The molecule has 4 rings (SSSR count). The van der Waals surface area contributed by atoms with Crippen LogP contribution in [0.2, 0.25) is 0 Å². The van der Waals surface area contributed by atoms with E-state index in [4.69, 9.17) is 14.9 Å². The van der Waals surface area contributed by atoms with Crippen molar-refractivity contribution in [3.05, 3.63) is 65.5 Å². The minimum absolute atomic E-state index is 0.0299. The van der Waals surface area contributed by atoms with E-state index in [2.05, 4.69) is 9.97 Å². The fraction of sp³-hybridized carbons (Fsp3) is 0.100. The summed E-state index contributed by atoms with van der Waals surface area (Å²) in [7, 11) is -3.50. The Labute approximate surface area is 170 Å². The van der Waals surface area contributed by atoms with E-state index >= 15 is 0 Å². The smallest absolute Gasteiger partial charge is 0.360 e. The van der Waals surface area contributed by atoms with Crippen molar-refractivity contribution in [1.29, 1.82) is 0 Å². The van der Waals surface area contributed by atoms with Gasteiger partial charge in [0.05, 0.1) is 30.0 Å². The summed E-state index contributed by atoms with van der Waals surface area (Å²) in [6, 6.07) is 11.7. The number of nitrogens with zero attached hydrogens (tertiary/aromatic N) is 1. The zero-order valence-electron chi connectivity index (χ0n) is 15.8. The number of nitrogen functional groups attached to an aromatic ring is 1. The van der Waals surface area contributed by atoms with E-state index in [0.717, 1.165) is 0 Å². The molecule has 5 N–H and O–H groups in total. The number of nitrogens with two attached hydrogens (primary N) is 1. The number of carbonyl (C=O) groups excluding carboxylic acids is 1. The number of imidazole rings is 1. The predicted molar refractivity (Wildman–Crippen MR) is 110 cm³/mol. The lowest BCUT2D eigenvalue weighted by Gasteiger charge is -2.09. The number of aromatic amines is 1. The maximum atomic E-state index is 12.4. The third-order valence-electron chi connectivity index (χ3n) is 4.72. The van der Waals surface area contributed by atoms with Gasteiger partial charge in [-0.05, 0) is 29.8 Å². The van der Waals surface area contributed by atoms with E-state index in [1.165, 1.54) is 13.4 Å². The first-order chi connectivity index (χ1) is 14.3. The van der Waals surface area contributed by atoms with Crippen molar-refractivity contribution in [2.24, 2.45) is 0 Å². The standard InChI is InChI=1S/C20H18N3O6P/c1-28-20(24)12-5-2-4-11(8-12)9-14-18(30(25,26)27)17(29-19(14)21)13-6-3-7-15-16(13)23-10-22-15/h2-8,10H,9,21H2,1H3,(H,22,23)(H2,25,26,27). The van der Waals surface area contributed by atoms with Crippen molar-refractivity contribution in [2.75, 3.05) is 12.8 Å². The summed E-state index contributed by atoms with van der Waals surface area (Å²) in [5.41, 5.74) is 8.73. The Morgan fingerprint density at radius 1 is 1.27 bits per heavy atom. The van der Waals surface area contributed by atoms with Gasteiger partial charge in [-0.25, -0.2) is 9.78 Å². The molecular formula is C20H18N3O6P. The maximum Gasteiger partial charge on any atom is 0.360 e. The van der Waals surface area contributed by atoms with Crippen molar-refractivity contribution in [1.82, 2.24) is 9.97 Å². The van der Waals surface area contributed by atoms with Crippen LogP contribution in [0.5, 0.6) is 0 Å². The fourth-order valence-electron chi connectivity index (χ4n) is 3.41. The van der Waals surface area contributed by atoms with Gasteiger partial charge in [0.2, 0.25) is 0 Å². The highest BCUT2D eigenvalue weighted by Crippen LogP contribution is 2.44. The molecule has 0 atom stereocenters. The molecule has 2 heterocycles. The summed E-state index contributed by atoms with van der Waals surface area (Å²) in [5, 5.41) is -0.293. The summed E-state index contributed by atoms with van der Waals surface area (Å²) >= 11 is 0. The molecule has 0 spiro atoms. The number of nitrogens with one attached hydrogen (secondary N) is 1. The Kier molecular flexibility index (Phi) is 4.95. The van der Waals surface area contributed by atoms with Crippen molar-refractivity contribution in [3.63, 3.8) is 0 Å². The quantitative estimate of drug-likeness (QED) is 0.280. The zero-order valence-corrected chi connectivity index (χ0v) is 16.7. The lowest BCUT2D eigenvalue weighted by Crippen LogP contribution is -2.12. The number of furan rings is 1. The van der Waals surface area contributed by atoms with E-state index in [-0.39, 0.29) is 28.9 Å². The molecule has 154 valence electrons. The molecule has 0 unspecified atom stereocenters. The normalized spacial score (nSPS) is 11.7. The molecule has 0 aliphatic heterocycles. The molecule has 10 heteroatoms. The second-order valence-corrected chi connectivity index (χ2v) is 8.17. The molecular weight excluding hydrogens is 409 g/mol. The van der Waals surface area contributed by atoms with Crippen molar-refractivity contribution in [2.45, 2.75) is 6.42 Å². The van der Waals surface area contributed by atoms with Gasteiger partial charge < -0.3 is 29.7 Å². The number of ether oxygens (including phenoxy) is 1. The minimum atomic E-state index is -4.77. The second kappa shape index (κ2) is 7.46. The lowest BCUT2D eigenvalue weighted by atomic mass is 10.0. The molecule has 0 radical (unpaired) electrons. The van der Waals surface area contributed by atoms with Crippen LogP contribution in [-0.4, -0.2) is 32.8 Å². The van der Waals surface area contributed by atoms with Crippen LogP contribution >= 0.6 is 7.60 Å². The number of methoxy groups -OCH3 is 1. The third kappa shape index (κ3) is 3.50. The summed E-state index contributed by atoms with van der Waals surface area (Å²) in [6.07, 6.45) is 1.54. The van der Waals surface area contributed by atoms with Crippen LogP contribution in [0.3, 0.4) is 0 Å². The molecule has 0 bridgehead atoms. The van der Waals surface area contributed by atoms with Gasteiger partial charge in [0.15, 0.2) is 11.6 Å². The van der Waals surface area contributed by atoms with Crippen LogP contribution in [0.15, 0.2) is 53.2 Å². The van der Waals surface area contributed by atoms with E-state index in [1.807, 2.05) is 0 Å². The molecule has 2 aromatic heterocycles. The second-order valence-electron chi connectivity index (χ2n) is 6.64. The first kappa shape index (κ1) is 19.9.